The molecule has 0 radical (unpaired) electrons. The minimum atomic E-state index is -4.63. The van der Waals surface area contributed by atoms with E-state index in [1.165, 1.54) is 13.8 Å². The maximum absolute atomic E-state index is 12.9. The number of aromatic nitrogens is 1. The predicted octanol–water partition coefficient (Wildman–Crippen LogP) is 2.02. The van der Waals surface area contributed by atoms with Crippen LogP contribution in [0.2, 0.25) is 0 Å². The molecule has 0 spiro atoms. The zero-order valence-corrected chi connectivity index (χ0v) is 13.0. The van der Waals surface area contributed by atoms with Gasteiger partial charge in [-0.2, -0.15) is 17.5 Å². The van der Waals surface area contributed by atoms with Crippen molar-refractivity contribution >= 4 is 10.0 Å². The third kappa shape index (κ3) is 3.61. The van der Waals surface area contributed by atoms with Gasteiger partial charge >= 0.3 is 6.18 Å². The molecule has 0 saturated carbocycles. The molecule has 2 rings (SSSR count). The topological polar surface area (TPSA) is 72.6 Å². The molecule has 1 aliphatic rings. The monoisotopic (exact) mass is 342 g/mol. The summed E-state index contributed by atoms with van der Waals surface area (Å²) in [7, 11) is -4.35. The molecular weight excluding hydrogens is 325 g/mol. The quantitative estimate of drug-likeness (QED) is 0.837. The molecule has 0 aliphatic carbocycles. The SMILES string of the molecule is Cc1noc(C)c1S(=O)(=O)N(CC(F)(F)F)C1CCOCC1. The molecule has 0 amide bonds. The van der Waals surface area contributed by atoms with Crippen molar-refractivity contribution in [1.29, 1.82) is 0 Å². The molecule has 1 aliphatic heterocycles. The zero-order chi connectivity index (χ0) is 16.5. The fourth-order valence-corrected chi connectivity index (χ4v) is 4.49. The number of hydrogen-bond donors (Lipinski definition) is 0. The Bertz CT molecular complexity index is 601. The maximum Gasteiger partial charge on any atom is 0.402 e. The van der Waals surface area contributed by atoms with Gasteiger partial charge in [0.1, 0.15) is 17.1 Å². The maximum atomic E-state index is 12.9. The number of aryl methyl sites for hydroxylation is 2. The Morgan fingerprint density at radius 3 is 2.32 bits per heavy atom. The normalized spacial score (nSPS) is 18.1. The molecule has 10 heteroatoms. The average molecular weight is 342 g/mol. The number of rotatable bonds is 4. The van der Waals surface area contributed by atoms with Crippen LogP contribution >= 0.6 is 0 Å². The Balaban J connectivity index is 2.43. The lowest BCUT2D eigenvalue weighted by molar-refractivity contribution is -0.141. The molecule has 0 unspecified atom stereocenters. The van der Waals surface area contributed by atoms with E-state index in [2.05, 4.69) is 5.16 Å². The Morgan fingerprint density at radius 1 is 1.27 bits per heavy atom. The van der Waals surface area contributed by atoms with Gasteiger partial charge in [-0.1, -0.05) is 5.16 Å². The van der Waals surface area contributed by atoms with Gasteiger partial charge in [-0.05, 0) is 26.7 Å². The number of halogens is 3. The molecule has 0 N–H and O–H groups in total. The van der Waals surface area contributed by atoms with Gasteiger partial charge in [0.25, 0.3) is 0 Å². The van der Waals surface area contributed by atoms with E-state index in [4.69, 9.17) is 9.26 Å². The largest absolute Gasteiger partial charge is 0.402 e. The number of hydrogen-bond acceptors (Lipinski definition) is 5. The van der Waals surface area contributed by atoms with Gasteiger partial charge in [0.15, 0.2) is 5.76 Å². The number of nitrogens with zero attached hydrogens (tertiary/aromatic N) is 2. The van der Waals surface area contributed by atoms with Crippen LogP contribution in [0.1, 0.15) is 24.3 Å². The first-order valence-electron chi connectivity index (χ1n) is 6.72. The van der Waals surface area contributed by atoms with Crippen LogP contribution in [0.4, 0.5) is 13.2 Å². The highest BCUT2D eigenvalue weighted by Gasteiger charge is 2.43. The second kappa shape index (κ2) is 6.17. The van der Waals surface area contributed by atoms with Crippen molar-refractivity contribution in [2.75, 3.05) is 19.8 Å². The molecule has 2 heterocycles. The second-order valence-corrected chi connectivity index (χ2v) is 6.99. The van der Waals surface area contributed by atoms with Crippen molar-refractivity contribution in [2.45, 2.75) is 43.8 Å². The van der Waals surface area contributed by atoms with Crippen molar-refractivity contribution in [3.63, 3.8) is 0 Å². The van der Waals surface area contributed by atoms with Gasteiger partial charge < -0.3 is 9.26 Å². The Kier molecular flexibility index (Phi) is 4.83. The highest BCUT2D eigenvalue weighted by molar-refractivity contribution is 7.89. The van der Waals surface area contributed by atoms with E-state index in [9.17, 15) is 21.6 Å². The second-order valence-electron chi connectivity index (χ2n) is 5.16. The summed E-state index contributed by atoms with van der Waals surface area (Å²) < 4.78 is 74.4. The Labute approximate surface area is 126 Å². The van der Waals surface area contributed by atoms with E-state index in [0.717, 1.165) is 0 Å². The van der Waals surface area contributed by atoms with Gasteiger partial charge in [0, 0.05) is 19.3 Å². The summed E-state index contributed by atoms with van der Waals surface area (Å²) in [6.07, 6.45) is -4.19. The van der Waals surface area contributed by atoms with Gasteiger partial charge in [-0.3, -0.25) is 0 Å². The number of alkyl halides is 3. The zero-order valence-electron chi connectivity index (χ0n) is 12.2. The van der Waals surface area contributed by atoms with Gasteiger partial charge in [0.05, 0.1) is 0 Å². The van der Waals surface area contributed by atoms with Crippen molar-refractivity contribution in [1.82, 2.24) is 9.46 Å². The third-order valence-electron chi connectivity index (χ3n) is 3.47. The van der Waals surface area contributed by atoms with E-state index in [1.54, 1.807) is 0 Å². The first-order chi connectivity index (χ1) is 10.1. The van der Waals surface area contributed by atoms with Crippen LogP contribution in [0.15, 0.2) is 9.42 Å². The molecule has 1 aromatic heterocycles. The van der Waals surface area contributed by atoms with Gasteiger partial charge in [0.2, 0.25) is 10.0 Å². The van der Waals surface area contributed by atoms with E-state index in [1.807, 2.05) is 0 Å². The summed E-state index contributed by atoms with van der Waals surface area (Å²) in [4.78, 5) is -0.289. The molecule has 0 aromatic carbocycles. The summed E-state index contributed by atoms with van der Waals surface area (Å²) in [5.41, 5.74) is 0.0525. The third-order valence-corrected chi connectivity index (χ3v) is 5.61. The predicted molar refractivity (Wildman–Crippen MR) is 69.8 cm³/mol. The molecule has 6 nitrogen and oxygen atoms in total. The van der Waals surface area contributed by atoms with Crippen LogP contribution in [-0.2, 0) is 14.8 Å². The molecule has 1 fully saturated rings. The van der Waals surface area contributed by atoms with Crippen LogP contribution in [0.3, 0.4) is 0 Å². The molecule has 22 heavy (non-hydrogen) atoms. The summed E-state index contributed by atoms with van der Waals surface area (Å²) >= 11 is 0. The minimum Gasteiger partial charge on any atom is -0.381 e. The van der Waals surface area contributed by atoms with Crippen molar-refractivity contribution in [2.24, 2.45) is 0 Å². The van der Waals surface area contributed by atoms with Crippen molar-refractivity contribution in [3.05, 3.63) is 11.5 Å². The molecule has 1 aromatic rings. The summed E-state index contributed by atoms with van der Waals surface area (Å²) in [5, 5.41) is 3.52. The average Bonchev–Trinajstić information content (AvgIpc) is 2.76. The molecule has 0 atom stereocenters. The number of sulfonamides is 1. The lowest BCUT2D eigenvalue weighted by Crippen LogP contribution is -2.47. The minimum absolute atomic E-state index is 0.0169. The van der Waals surface area contributed by atoms with Crippen LogP contribution in [-0.4, -0.2) is 49.9 Å². The standard InChI is InChI=1S/C12H17F3N2O4S/c1-8-11(9(2)21-16-8)22(18,19)17(7-12(13,14)15)10-3-5-20-6-4-10/h10H,3-7H2,1-2H3. The molecule has 0 bridgehead atoms. The highest BCUT2D eigenvalue weighted by Crippen LogP contribution is 2.30. The van der Waals surface area contributed by atoms with Crippen molar-refractivity contribution < 1.29 is 30.8 Å². The van der Waals surface area contributed by atoms with Crippen molar-refractivity contribution in [3.8, 4) is 0 Å². The van der Waals surface area contributed by atoms with E-state index in [-0.39, 0.29) is 42.4 Å². The highest BCUT2D eigenvalue weighted by atomic mass is 32.2. The van der Waals surface area contributed by atoms with Crippen LogP contribution in [0.5, 0.6) is 0 Å². The molecule has 1 saturated heterocycles. The summed E-state index contributed by atoms with van der Waals surface area (Å²) in [5.74, 6) is -0.0169. The Morgan fingerprint density at radius 2 is 1.86 bits per heavy atom. The Hall–Kier alpha value is -1.13. The van der Waals surface area contributed by atoms with E-state index < -0.39 is 28.8 Å². The molecule has 126 valence electrons. The van der Waals surface area contributed by atoms with Crippen LogP contribution in [0, 0.1) is 13.8 Å². The first-order valence-corrected chi connectivity index (χ1v) is 8.16. The smallest absolute Gasteiger partial charge is 0.381 e. The first kappa shape index (κ1) is 17.2. The van der Waals surface area contributed by atoms with Crippen LogP contribution < -0.4 is 0 Å². The fraction of sp³-hybridized carbons (Fsp3) is 0.750. The summed E-state index contributed by atoms with van der Waals surface area (Å²) in [6, 6.07) is -0.755. The molecular formula is C12H17F3N2O4S. The summed E-state index contributed by atoms with van der Waals surface area (Å²) in [6.45, 7) is 1.68. The fourth-order valence-electron chi connectivity index (χ4n) is 2.52. The number of ether oxygens (including phenoxy) is 1. The van der Waals surface area contributed by atoms with E-state index >= 15 is 0 Å². The van der Waals surface area contributed by atoms with E-state index in [0.29, 0.717) is 4.31 Å². The lowest BCUT2D eigenvalue weighted by atomic mass is 10.1. The van der Waals surface area contributed by atoms with Crippen LogP contribution in [0.25, 0.3) is 0 Å². The van der Waals surface area contributed by atoms with Gasteiger partial charge in [-0.15, -0.1) is 0 Å². The van der Waals surface area contributed by atoms with Gasteiger partial charge in [-0.25, -0.2) is 8.42 Å². The lowest BCUT2D eigenvalue weighted by Gasteiger charge is -2.33.